The van der Waals surface area contributed by atoms with E-state index in [1.54, 1.807) is 0 Å². The Labute approximate surface area is 127 Å². The van der Waals surface area contributed by atoms with Crippen LogP contribution in [-0.2, 0) is 6.54 Å². The second-order valence-electron chi connectivity index (χ2n) is 5.17. The average molecular weight is 339 g/mol. The normalized spacial score (nSPS) is 11.1. The van der Waals surface area contributed by atoms with E-state index in [0.717, 1.165) is 22.3 Å². The molecule has 0 bridgehead atoms. The van der Waals surface area contributed by atoms with E-state index in [1.807, 2.05) is 25.1 Å². The quantitative estimate of drug-likeness (QED) is 0.841. The molecule has 2 N–H and O–H groups in total. The van der Waals surface area contributed by atoms with Gasteiger partial charge in [-0.25, -0.2) is 0 Å². The molecule has 108 valence electrons. The number of hydrogen-bond donors (Lipinski definition) is 2. The molecule has 0 saturated heterocycles. The highest BCUT2D eigenvalue weighted by atomic mass is 79.9. The van der Waals surface area contributed by atoms with Gasteiger partial charge in [0, 0.05) is 10.2 Å². The number of halogens is 1. The SMILES string of the molecule is Cc1cc(Br)cc(Nc2nnc(CNCC(C)C)o2)c1. The summed E-state index contributed by atoms with van der Waals surface area (Å²) in [5.41, 5.74) is 2.07. The van der Waals surface area contributed by atoms with Gasteiger partial charge in [-0.15, -0.1) is 5.10 Å². The molecule has 20 heavy (non-hydrogen) atoms. The number of nitrogens with one attached hydrogen (secondary N) is 2. The third-order valence-electron chi connectivity index (χ3n) is 2.59. The predicted octanol–water partition coefficient (Wildman–Crippen LogP) is 3.63. The van der Waals surface area contributed by atoms with Gasteiger partial charge in [0.1, 0.15) is 0 Å². The van der Waals surface area contributed by atoms with Crippen molar-refractivity contribution in [2.75, 3.05) is 11.9 Å². The van der Waals surface area contributed by atoms with Gasteiger partial charge in [0.05, 0.1) is 6.54 Å². The van der Waals surface area contributed by atoms with Gasteiger partial charge < -0.3 is 15.1 Å². The number of aryl methyl sites for hydroxylation is 1. The van der Waals surface area contributed by atoms with Crippen LogP contribution in [0, 0.1) is 12.8 Å². The van der Waals surface area contributed by atoms with E-state index < -0.39 is 0 Å². The fourth-order valence-corrected chi connectivity index (χ4v) is 2.38. The summed E-state index contributed by atoms with van der Waals surface area (Å²) < 4.78 is 6.55. The Morgan fingerprint density at radius 2 is 2.05 bits per heavy atom. The highest BCUT2D eigenvalue weighted by Crippen LogP contribution is 2.22. The van der Waals surface area contributed by atoms with Crippen molar-refractivity contribution in [1.82, 2.24) is 15.5 Å². The molecule has 0 spiro atoms. The van der Waals surface area contributed by atoms with Gasteiger partial charge in [0.2, 0.25) is 5.89 Å². The summed E-state index contributed by atoms with van der Waals surface area (Å²) in [6, 6.07) is 6.43. The first-order valence-corrected chi connectivity index (χ1v) is 7.39. The molecule has 0 radical (unpaired) electrons. The number of aromatic nitrogens is 2. The minimum Gasteiger partial charge on any atom is -0.406 e. The van der Waals surface area contributed by atoms with E-state index in [-0.39, 0.29) is 0 Å². The second kappa shape index (κ2) is 6.85. The molecular weight excluding hydrogens is 320 g/mol. The molecule has 1 heterocycles. The summed E-state index contributed by atoms with van der Waals surface area (Å²) in [4.78, 5) is 0. The number of hydrogen-bond acceptors (Lipinski definition) is 5. The topological polar surface area (TPSA) is 63.0 Å². The van der Waals surface area contributed by atoms with Crippen LogP contribution >= 0.6 is 15.9 Å². The van der Waals surface area contributed by atoms with Crippen molar-refractivity contribution in [2.24, 2.45) is 5.92 Å². The summed E-state index contributed by atoms with van der Waals surface area (Å²) in [7, 11) is 0. The average Bonchev–Trinajstić information content (AvgIpc) is 2.74. The summed E-state index contributed by atoms with van der Waals surface area (Å²) in [6.45, 7) is 7.86. The van der Waals surface area contributed by atoms with Crippen molar-refractivity contribution in [1.29, 1.82) is 0 Å². The lowest BCUT2D eigenvalue weighted by Gasteiger charge is -2.04. The maximum Gasteiger partial charge on any atom is 0.320 e. The Balaban J connectivity index is 1.95. The van der Waals surface area contributed by atoms with E-state index >= 15 is 0 Å². The number of nitrogens with zero attached hydrogens (tertiary/aromatic N) is 2. The lowest BCUT2D eigenvalue weighted by atomic mass is 10.2. The van der Waals surface area contributed by atoms with Crippen LogP contribution in [0.4, 0.5) is 11.7 Å². The lowest BCUT2D eigenvalue weighted by molar-refractivity contribution is 0.460. The fraction of sp³-hybridized carbons (Fsp3) is 0.429. The van der Waals surface area contributed by atoms with Gasteiger partial charge in [0.15, 0.2) is 0 Å². The van der Waals surface area contributed by atoms with Crippen molar-refractivity contribution in [2.45, 2.75) is 27.3 Å². The van der Waals surface area contributed by atoms with Crippen molar-refractivity contribution >= 4 is 27.6 Å². The molecule has 0 fully saturated rings. The molecule has 6 heteroatoms. The molecule has 2 rings (SSSR count). The largest absolute Gasteiger partial charge is 0.406 e. The molecule has 5 nitrogen and oxygen atoms in total. The lowest BCUT2D eigenvalue weighted by Crippen LogP contribution is -2.19. The zero-order valence-electron chi connectivity index (χ0n) is 11.9. The summed E-state index contributed by atoms with van der Waals surface area (Å²) in [5, 5.41) is 14.4. The van der Waals surface area contributed by atoms with E-state index in [0.29, 0.717) is 24.4 Å². The van der Waals surface area contributed by atoms with Crippen LogP contribution in [0.25, 0.3) is 0 Å². The van der Waals surface area contributed by atoms with Crippen molar-refractivity contribution < 1.29 is 4.42 Å². The van der Waals surface area contributed by atoms with Crippen molar-refractivity contribution in [3.05, 3.63) is 34.1 Å². The highest BCUT2D eigenvalue weighted by Gasteiger charge is 2.07. The monoisotopic (exact) mass is 338 g/mol. The maximum absolute atomic E-state index is 5.54. The fourth-order valence-electron chi connectivity index (χ4n) is 1.78. The molecule has 0 aliphatic carbocycles. The van der Waals surface area contributed by atoms with Crippen LogP contribution in [0.1, 0.15) is 25.3 Å². The third kappa shape index (κ3) is 4.61. The molecular formula is C14H19BrN4O. The van der Waals surface area contributed by atoms with Crippen molar-refractivity contribution in [3.63, 3.8) is 0 Å². The second-order valence-corrected chi connectivity index (χ2v) is 6.08. The Bertz CT molecular complexity index is 548. The van der Waals surface area contributed by atoms with Crippen LogP contribution in [0.15, 0.2) is 27.1 Å². The van der Waals surface area contributed by atoms with Gasteiger partial charge in [-0.1, -0.05) is 34.9 Å². The van der Waals surface area contributed by atoms with E-state index in [9.17, 15) is 0 Å². The van der Waals surface area contributed by atoms with Crippen LogP contribution in [0.5, 0.6) is 0 Å². The number of anilines is 2. The predicted molar refractivity (Wildman–Crippen MR) is 83.0 cm³/mol. The van der Waals surface area contributed by atoms with E-state index in [1.165, 1.54) is 0 Å². The zero-order valence-corrected chi connectivity index (χ0v) is 13.5. The molecule has 2 aromatic rings. The minimum absolute atomic E-state index is 0.406. The standard InChI is InChI=1S/C14H19BrN4O/c1-9(2)7-16-8-13-18-19-14(20-13)17-12-5-10(3)4-11(15)6-12/h4-6,9,16H,7-8H2,1-3H3,(H,17,19). The molecule has 0 aliphatic heterocycles. The smallest absolute Gasteiger partial charge is 0.320 e. The van der Waals surface area contributed by atoms with Gasteiger partial charge in [-0.05, 0) is 43.1 Å². The summed E-state index contributed by atoms with van der Waals surface area (Å²) in [5.74, 6) is 1.18. The van der Waals surface area contributed by atoms with Crippen molar-refractivity contribution in [3.8, 4) is 0 Å². The highest BCUT2D eigenvalue weighted by molar-refractivity contribution is 9.10. The molecule has 0 unspecified atom stereocenters. The van der Waals surface area contributed by atoms with Crippen LogP contribution in [0.2, 0.25) is 0 Å². The van der Waals surface area contributed by atoms with Crippen LogP contribution in [-0.4, -0.2) is 16.7 Å². The molecule has 0 saturated carbocycles. The third-order valence-corrected chi connectivity index (χ3v) is 3.05. The van der Waals surface area contributed by atoms with Gasteiger partial charge >= 0.3 is 6.01 Å². The Hall–Kier alpha value is -1.40. The maximum atomic E-state index is 5.54. The zero-order chi connectivity index (χ0) is 14.5. The first-order chi connectivity index (χ1) is 9.52. The van der Waals surface area contributed by atoms with E-state index in [4.69, 9.17) is 4.42 Å². The van der Waals surface area contributed by atoms with Crippen LogP contribution < -0.4 is 10.6 Å². The van der Waals surface area contributed by atoms with Gasteiger partial charge in [-0.2, -0.15) is 0 Å². The molecule has 1 aromatic heterocycles. The Morgan fingerprint density at radius 1 is 1.25 bits per heavy atom. The number of benzene rings is 1. The number of rotatable bonds is 6. The molecule has 0 atom stereocenters. The summed E-state index contributed by atoms with van der Waals surface area (Å²) >= 11 is 3.46. The molecule has 0 aliphatic rings. The van der Waals surface area contributed by atoms with Gasteiger partial charge in [-0.3, -0.25) is 0 Å². The molecule has 0 amide bonds. The van der Waals surface area contributed by atoms with E-state index in [2.05, 4.69) is 50.6 Å². The van der Waals surface area contributed by atoms with Crippen LogP contribution in [0.3, 0.4) is 0 Å². The Morgan fingerprint density at radius 3 is 2.75 bits per heavy atom. The van der Waals surface area contributed by atoms with Gasteiger partial charge in [0.25, 0.3) is 0 Å². The first-order valence-electron chi connectivity index (χ1n) is 6.60. The Kier molecular flexibility index (Phi) is 5.14. The molecule has 1 aromatic carbocycles. The minimum atomic E-state index is 0.406. The first kappa shape index (κ1) is 15.0. The summed E-state index contributed by atoms with van der Waals surface area (Å²) in [6.07, 6.45) is 0.